The van der Waals surface area contributed by atoms with Gasteiger partial charge in [-0.15, -0.1) is 0 Å². The van der Waals surface area contributed by atoms with E-state index in [1.807, 2.05) is 0 Å². The fourth-order valence-corrected chi connectivity index (χ4v) is 1.76. The van der Waals surface area contributed by atoms with Crippen molar-refractivity contribution in [1.29, 1.82) is 0 Å². The number of hydrogen-bond acceptors (Lipinski definition) is 2. The number of benzene rings is 1. The van der Waals surface area contributed by atoms with Gasteiger partial charge in [0.25, 0.3) is 0 Å². The van der Waals surface area contributed by atoms with Gasteiger partial charge in [0.15, 0.2) is 0 Å². The Hall–Kier alpha value is -1.95. The minimum atomic E-state index is -0.703. The van der Waals surface area contributed by atoms with Gasteiger partial charge in [-0.05, 0) is 6.07 Å². The van der Waals surface area contributed by atoms with Crippen molar-refractivity contribution in [1.82, 2.24) is 9.13 Å². The van der Waals surface area contributed by atoms with Crippen LogP contribution in [0.15, 0.2) is 35.4 Å². The molecular weight excluding hydrogens is 240 g/mol. The molecule has 1 heterocycles. The van der Waals surface area contributed by atoms with E-state index in [4.69, 9.17) is 5.73 Å². The molecule has 1 aromatic carbocycles. The zero-order valence-electron chi connectivity index (χ0n) is 9.81. The number of nitrogens with two attached hydrogens (primary N) is 1. The van der Waals surface area contributed by atoms with Crippen LogP contribution in [0.4, 0.5) is 8.78 Å². The van der Waals surface area contributed by atoms with Gasteiger partial charge in [0.2, 0.25) is 0 Å². The standard InChI is InChI=1S/C12H13F2N3O/c1-16-4-5-17(12(16)18)7-11(15)9-3-2-8(13)6-10(9)14/h2-6,11H,7,15H2,1H3. The summed E-state index contributed by atoms with van der Waals surface area (Å²) in [4.78, 5) is 11.6. The van der Waals surface area contributed by atoms with Crippen LogP contribution < -0.4 is 11.4 Å². The van der Waals surface area contributed by atoms with E-state index in [-0.39, 0.29) is 17.8 Å². The third kappa shape index (κ3) is 2.33. The van der Waals surface area contributed by atoms with Gasteiger partial charge in [-0.1, -0.05) is 6.07 Å². The third-order valence-corrected chi connectivity index (χ3v) is 2.77. The summed E-state index contributed by atoms with van der Waals surface area (Å²) in [7, 11) is 1.61. The molecule has 1 atom stereocenters. The molecule has 0 fully saturated rings. The fourth-order valence-electron chi connectivity index (χ4n) is 1.76. The maximum Gasteiger partial charge on any atom is 0.327 e. The van der Waals surface area contributed by atoms with Crippen molar-refractivity contribution in [3.05, 3.63) is 58.3 Å². The van der Waals surface area contributed by atoms with Crippen LogP contribution in [0.2, 0.25) is 0 Å². The molecule has 4 nitrogen and oxygen atoms in total. The highest BCUT2D eigenvalue weighted by molar-refractivity contribution is 5.21. The average molecular weight is 253 g/mol. The maximum absolute atomic E-state index is 13.5. The molecule has 0 saturated carbocycles. The molecule has 2 rings (SSSR count). The normalized spacial score (nSPS) is 12.7. The van der Waals surface area contributed by atoms with Gasteiger partial charge in [0.05, 0.1) is 6.04 Å². The van der Waals surface area contributed by atoms with Crippen LogP contribution in [0.25, 0.3) is 0 Å². The van der Waals surface area contributed by atoms with E-state index in [1.165, 1.54) is 15.2 Å². The number of nitrogens with zero attached hydrogens (tertiary/aromatic N) is 2. The average Bonchev–Trinajstić information content (AvgIpc) is 2.61. The first-order valence-electron chi connectivity index (χ1n) is 5.41. The van der Waals surface area contributed by atoms with Crippen molar-refractivity contribution < 1.29 is 8.78 Å². The zero-order chi connectivity index (χ0) is 13.3. The van der Waals surface area contributed by atoms with E-state index < -0.39 is 17.7 Å². The van der Waals surface area contributed by atoms with Crippen molar-refractivity contribution >= 4 is 0 Å². The summed E-state index contributed by atoms with van der Waals surface area (Å²) >= 11 is 0. The Kier molecular flexibility index (Phi) is 3.29. The van der Waals surface area contributed by atoms with Crippen molar-refractivity contribution in [3.63, 3.8) is 0 Å². The molecule has 96 valence electrons. The molecule has 18 heavy (non-hydrogen) atoms. The predicted molar refractivity (Wildman–Crippen MR) is 63.0 cm³/mol. The molecular formula is C12H13F2N3O. The number of aromatic nitrogens is 2. The topological polar surface area (TPSA) is 52.9 Å². The first kappa shape index (κ1) is 12.5. The van der Waals surface area contributed by atoms with Gasteiger partial charge in [0, 0.05) is 37.6 Å². The van der Waals surface area contributed by atoms with E-state index in [0.29, 0.717) is 0 Å². The Bertz CT molecular complexity index is 618. The van der Waals surface area contributed by atoms with Crippen LogP contribution in [0.1, 0.15) is 11.6 Å². The van der Waals surface area contributed by atoms with Gasteiger partial charge >= 0.3 is 5.69 Å². The third-order valence-electron chi connectivity index (χ3n) is 2.77. The number of rotatable bonds is 3. The summed E-state index contributed by atoms with van der Waals surface area (Å²) in [5.74, 6) is -1.35. The molecule has 0 radical (unpaired) electrons. The number of hydrogen-bond donors (Lipinski definition) is 1. The highest BCUT2D eigenvalue weighted by Gasteiger charge is 2.14. The summed E-state index contributed by atoms with van der Waals surface area (Å²) in [5.41, 5.74) is 5.78. The number of imidazole rings is 1. The van der Waals surface area contributed by atoms with E-state index in [9.17, 15) is 13.6 Å². The fraction of sp³-hybridized carbons (Fsp3) is 0.250. The second kappa shape index (κ2) is 4.73. The van der Waals surface area contributed by atoms with Gasteiger partial charge in [-0.3, -0.25) is 4.57 Å². The number of aryl methyl sites for hydroxylation is 1. The van der Waals surface area contributed by atoms with Crippen molar-refractivity contribution in [3.8, 4) is 0 Å². The second-order valence-corrected chi connectivity index (χ2v) is 4.12. The first-order valence-corrected chi connectivity index (χ1v) is 5.41. The molecule has 0 saturated heterocycles. The summed E-state index contributed by atoms with van der Waals surface area (Å²) in [6.45, 7) is 0.141. The smallest absolute Gasteiger partial charge is 0.322 e. The van der Waals surface area contributed by atoms with Crippen LogP contribution in [0.3, 0.4) is 0 Å². The van der Waals surface area contributed by atoms with Gasteiger partial charge in [-0.25, -0.2) is 13.6 Å². The van der Waals surface area contributed by atoms with Gasteiger partial charge in [0.1, 0.15) is 11.6 Å². The largest absolute Gasteiger partial charge is 0.327 e. The summed E-state index contributed by atoms with van der Waals surface area (Å²) in [6.07, 6.45) is 3.17. The Morgan fingerprint density at radius 2 is 2.06 bits per heavy atom. The Morgan fingerprint density at radius 1 is 1.33 bits per heavy atom. The van der Waals surface area contributed by atoms with Crippen molar-refractivity contribution in [2.75, 3.05) is 0 Å². The first-order chi connectivity index (χ1) is 8.49. The second-order valence-electron chi connectivity index (χ2n) is 4.12. The minimum Gasteiger partial charge on any atom is -0.322 e. The van der Waals surface area contributed by atoms with E-state index in [1.54, 1.807) is 19.4 Å². The molecule has 2 aromatic rings. The van der Waals surface area contributed by atoms with Crippen molar-refractivity contribution in [2.45, 2.75) is 12.6 Å². The SMILES string of the molecule is Cn1ccn(CC(N)c2ccc(F)cc2F)c1=O. The van der Waals surface area contributed by atoms with Crippen LogP contribution in [-0.4, -0.2) is 9.13 Å². The molecule has 0 spiro atoms. The van der Waals surface area contributed by atoms with Crippen LogP contribution in [-0.2, 0) is 13.6 Å². The van der Waals surface area contributed by atoms with E-state index in [2.05, 4.69) is 0 Å². The summed E-state index contributed by atoms with van der Waals surface area (Å²) in [5, 5.41) is 0. The lowest BCUT2D eigenvalue weighted by molar-refractivity contribution is 0.512. The van der Waals surface area contributed by atoms with Crippen molar-refractivity contribution in [2.24, 2.45) is 12.8 Å². The molecule has 1 unspecified atom stereocenters. The zero-order valence-corrected chi connectivity index (χ0v) is 9.81. The molecule has 0 aliphatic rings. The van der Waals surface area contributed by atoms with Crippen LogP contribution in [0.5, 0.6) is 0 Å². The lowest BCUT2D eigenvalue weighted by Gasteiger charge is -2.13. The molecule has 2 N–H and O–H groups in total. The summed E-state index contributed by atoms with van der Waals surface area (Å²) in [6, 6.07) is 2.52. The minimum absolute atomic E-state index is 0.141. The van der Waals surface area contributed by atoms with E-state index in [0.717, 1.165) is 12.1 Å². The van der Waals surface area contributed by atoms with Gasteiger partial charge in [-0.2, -0.15) is 0 Å². The number of halogens is 2. The molecule has 1 aromatic heterocycles. The highest BCUT2D eigenvalue weighted by Crippen LogP contribution is 2.17. The lowest BCUT2D eigenvalue weighted by atomic mass is 10.1. The molecule has 6 heteroatoms. The van der Waals surface area contributed by atoms with Crippen LogP contribution in [0, 0.1) is 11.6 Å². The predicted octanol–water partition coefficient (Wildman–Crippen LogP) is 1.16. The Morgan fingerprint density at radius 3 is 2.61 bits per heavy atom. The van der Waals surface area contributed by atoms with Crippen LogP contribution >= 0.6 is 0 Å². The Balaban J connectivity index is 2.24. The Labute approximate surface area is 102 Å². The lowest BCUT2D eigenvalue weighted by Crippen LogP contribution is -2.27. The monoisotopic (exact) mass is 253 g/mol. The molecule has 0 aliphatic heterocycles. The van der Waals surface area contributed by atoms with E-state index >= 15 is 0 Å². The quantitative estimate of drug-likeness (QED) is 0.892. The highest BCUT2D eigenvalue weighted by atomic mass is 19.1. The molecule has 0 amide bonds. The molecule has 0 aliphatic carbocycles. The molecule has 0 bridgehead atoms. The summed E-state index contributed by atoms with van der Waals surface area (Å²) < 4.78 is 29.0. The van der Waals surface area contributed by atoms with Gasteiger partial charge < -0.3 is 10.3 Å². The maximum atomic E-state index is 13.5.